The lowest BCUT2D eigenvalue weighted by Crippen LogP contribution is -2.55. The molecule has 2 bridgehead atoms. The molecule has 1 aromatic rings. The Bertz CT molecular complexity index is 822. The maximum Gasteiger partial charge on any atom is 0.214 e. The lowest BCUT2D eigenvalue weighted by Gasteiger charge is -2.54. The molecule has 0 radical (unpaired) electrons. The Morgan fingerprint density at radius 2 is 1.85 bits per heavy atom. The first-order valence-electron chi connectivity index (χ1n) is 9.91. The standard InChI is InChI=1S/C22H30O5/c1-11(2)18(24)15-13(23)9-14-16(19(15)25)17-12-10-21(5,6)27-22(12,26-14)8-7-20(17,3)4/h9,11-12,17,23,25H,7-8,10H2,1-6H3. The van der Waals surface area contributed by atoms with Crippen molar-refractivity contribution in [3.63, 3.8) is 0 Å². The van der Waals surface area contributed by atoms with Crippen LogP contribution >= 0.6 is 0 Å². The summed E-state index contributed by atoms with van der Waals surface area (Å²) in [5, 5.41) is 21.6. The first-order valence-corrected chi connectivity index (χ1v) is 9.91. The SMILES string of the molecule is CC(C)C(=O)c1c(O)cc2c(c1O)C1C3CC(C)(C)OC3(CCC1(C)C)O2. The molecular formula is C22H30O5. The maximum atomic E-state index is 12.7. The van der Waals surface area contributed by atoms with Crippen molar-refractivity contribution in [1.82, 2.24) is 0 Å². The number of aromatic hydroxyl groups is 2. The van der Waals surface area contributed by atoms with Crippen LogP contribution in [0.3, 0.4) is 0 Å². The van der Waals surface area contributed by atoms with Gasteiger partial charge in [0.15, 0.2) is 5.78 Å². The summed E-state index contributed by atoms with van der Waals surface area (Å²) in [7, 11) is 0. The van der Waals surface area contributed by atoms with Gasteiger partial charge in [-0.1, -0.05) is 27.7 Å². The van der Waals surface area contributed by atoms with Crippen molar-refractivity contribution in [2.45, 2.75) is 78.1 Å². The van der Waals surface area contributed by atoms with Gasteiger partial charge in [0.25, 0.3) is 0 Å². The number of hydrogen-bond acceptors (Lipinski definition) is 5. The lowest BCUT2D eigenvalue weighted by atomic mass is 9.56. The number of benzene rings is 1. The van der Waals surface area contributed by atoms with E-state index in [1.165, 1.54) is 6.07 Å². The van der Waals surface area contributed by atoms with Crippen molar-refractivity contribution in [2.75, 3.05) is 0 Å². The number of fused-ring (bicyclic) bond motifs is 2. The fourth-order valence-corrected chi connectivity index (χ4v) is 5.56. The molecule has 1 aliphatic carbocycles. The largest absolute Gasteiger partial charge is 0.507 e. The molecule has 3 unspecified atom stereocenters. The molecule has 5 nitrogen and oxygen atoms in total. The van der Waals surface area contributed by atoms with Crippen LogP contribution in [-0.4, -0.2) is 27.4 Å². The van der Waals surface area contributed by atoms with Crippen LogP contribution in [0.5, 0.6) is 17.2 Å². The maximum absolute atomic E-state index is 12.7. The van der Waals surface area contributed by atoms with E-state index in [0.29, 0.717) is 11.3 Å². The average molecular weight is 374 g/mol. The highest BCUT2D eigenvalue weighted by atomic mass is 16.7. The van der Waals surface area contributed by atoms with Crippen molar-refractivity contribution in [3.8, 4) is 17.2 Å². The Hall–Kier alpha value is -1.75. The Kier molecular flexibility index (Phi) is 3.72. The van der Waals surface area contributed by atoms with Crippen LogP contribution in [-0.2, 0) is 4.74 Å². The molecule has 4 rings (SSSR count). The van der Waals surface area contributed by atoms with E-state index >= 15 is 0 Å². The van der Waals surface area contributed by atoms with E-state index in [1.54, 1.807) is 13.8 Å². The summed E-state index contributed by atoms with van der Waals surface area (Å²) in [5.74, 6) is -1.12. The van der Waals surface area contributed by atoms with Crippen LogP contribution in [0.1, 0.15) is 82.6 Å². The van der Waals surface area contributed by atoms with E-state index in [9.17, 15) is 15.0 Å². The van der Waals surface area contributed by atoms with Crippen LogP contribution < -0.4 is 4.74 Å². The number of carbonyl (C=O) groups excluding carboxylic acids is 1. The molecule has 3 atom stereocenters. The average Bonchev–Trinajstić information content (AvgIpc) is 2.80. The smallest absolute Gasteiger partial charge is 0.214 e. The third-order valence-corrected chi connectivity index (χ3v) is 6.73. The zero-order valence-corrected chi connectivity index (χ0v) is 17.0. The molecule has 2 fully saturated rings. The molecule has 2 N–H and O–H groups in total. The number of Topliss-reactive ketones (excluding diaryl/α,β-unsaturated/α-hetero) is 1. The van der Waals surface area contributed by atoms with Gasteiger partial charge in [0, 0.05) is 35.8 Å². The number of phenolic OH excluding ortho intramolecular Hbond substituents is 2. The Labute approximate surface area is 160 Å². The number of rotatable bonds is 2. The fourth-order valence-electron chi connectivity index (χ4n) is 5.56. The first-order chi connectivity index (χ1) is 12.4. The molecular weight excluding hydrogens is 344 g/mol. The molecule has 1 aromatic carbocycles. The third kappa shape index (κ3) is 2.50. The predicted octanol–water partition coefficient (Wildman–Crippen LogP) is 4.74. The molecule has 0 spiro atoms. The summed E-state index contributed by atoms with van der Waals surface area (Å²) in [6.45, 7) is 12.1. The monoisotopic (exact) mass is 374 g/mol. The van der Waals surface area contributed by atoms with Gasteiger partial charge in [-0.2, -0.15) is 0 Å². The molecule has 27 heavy (non-hydrogen) atoms. The molecule has 3 aliphatic rings. The normalized spacial score (nSPS) is 32.6. The molecule has 1 saturated heterocycles. The Morgan fingerprint density at radius 3 is 2.48 bits per heavy atom. The second kappa shape index (κ2) is 5.40. The number of ketones is 1. The van der Waals surface area contributed by atoms with Gasteiger partial charge in [-0.3, -0.25) is 4.79 Å². The molecule has 2 aliphatic heterocycles. The molecule has 1 saturated carbocycles. The van der Waals surface area contributed by atoms with E-state index in [1.807, 2.05) is 0 Å². The minimum atomic E-state index is -0.723. The minimum absolute atomic E-state index is 0.00362. The van der Waals surface area contributed by atoms with E-state index in [2.05, 4.69) is 27.7 Å². The summed E-state index contributed by atoms with van der Waals surface area (Å²) in [6.07, 6.45) is 2.50. The molecule has 5 heteroatoms. The highest BCUT2D eigenvalue weighted by Crippen LogP contribution is 2.67. The van der Waals surface area contributed by atoms with Crippen molar-refractivity contribution in [1.29, 1.82) is 0 Å². The van der Waals surface area contributed by atoms with Gasteiger partial charge in [0.1, 0.15) is 22.8 Å². The molecule has 0 aromatic heterocycles. The van der Waals surface area contributed by atoms with Crippen LogP contribution in [0.2, 0.25) is 0 Å². The van der Waals surface area contributed by atoms with E-state index in [0.717, 1.165) is 19.3 Å². The van der Waals surface area contributed by atoms with Gasteiger partial charge >= 0.3 is 0 Å². The lowest BCUT2D eigenvalue weighted by molar-refractivity contribution is -0.246. The van der Waals surface area contributed by atoms with Crippen molar-refractivity contribution >= 4 is 5.78 Å². The van der Waals surface area contributed by atoms with E-state index < -0.39 is 5.79 Å². The van der Waals surface area contributed by atoms with Crippen LogP contribution in [0, 0.1) is 17.3 Å². The van der Waals surface area contributed by atoms with Crippen LogP contribution in [0.25, 0.3) is 0 Å². The topological polar surface area (TPSA) is 76.0 Å². The quantitative estimate of drug-likeness (QED) is 0.731. The summed E-state index contributed by atoms with van der Waals surface area (Å²) in [5.41, 5.74) is 0.269. The number of ether oxygens (including phenoxy) is 2. The van der Waals surface area contributed by atoms with Crippen LogP contribution in [0.4, 0.5) is 0 Å². The third-order valence-electron chi connectivity index (χ3n) is 6.73. The first kappa shape index (κ1) is 18.6. The Morgan fingerprint density at radius 1 is 1.19 bits per heavy atom. The molecule has 2 heterocycles. The van der Waals surface area contributed by atoms with Gasteiger partial charge in [-0.15, -0.1) is 0 Å². The molecule has 0 amide bonds. The summed E-state index contributed by atoms with van der Waals surface area (Å²) in [6, 6.07) is 1.49. The number of hydrogen-bond donors (Lipinski definition) is 2. The van der Waals surface area contributed by atoms with Gasteiger partial charge in [-0.05, 0) is 32.1 Å². The second-order valence-electron chi connectivity index (χ2n) is 10.1. The van der Waals surface area contributed by atoms with Crippen LogP contribution in [0.15, 0.2) is 6.07 Å². The van der Waals surface area contributed by atoms with Gasteiger partial charge in [-0.25, -0.2) is 0 Å². The second-order valence-corrected chi connectivity index (χ2v) is 10.1. The number of phenols is 2. The number of carbonyl (C=O) groups is 1. The summed E-state index contributed by atoms with van der Waals surface area (Å²) < 4.78 is 12.8. The van der Waals surface area contributed by atoms with Crippen molar-refractivity contribution in [3.05, 3.63) is 17.2 Å². The highest BCUT2D eigenvalue weighted by molar-refractivity contribution is 6.03. The van der Waals surface area contributed by atoms with Crippen molar-refractivity contribution < 1.29 is 24.5 Å². The van der Waals surface area contributed by atoms with Gasteiger partial charge < -0.3 is 19.7 Å². The summed E-state index contributed by atoms with van der Waals surface area (Å²) >= 11 is 0. The molecule has 148 valence electrons. The summed E-state index contributed by atoms with van der Waals surface area (Å²) in [4.78, 5) is 12.7. The minimum Gasteiger partial charge on any atom is -0.507 e. The van der Waals surface area contributed by atoms with E-state index in [4.69, 9.17) is 9.47 Å². The zero-order chi connectivity index (χ0) is 19.9. The zero-order valence-electron chi connectivity index (χ0n) is 17.0. The van der Waals surface area contributed by atoms with Crippen molar-refractivity contribution in [2.24, 2.45) is 17.3 Å². The highest BCUT2D eigenvalue weighted by Gasteiger charge is 2.65. The van der Waals surface area contributed by atoms with Gasteiger partial charge in [0.2, 0.25) is 5.79 Å². The fraction of sp³-hybridized carbons (Fsp3) is 0.682. The predicted molar refractivity (Wildman–Crippen MR) is 101 cm³/mol. The van der Waals surface area contributed by atoms with E-state index in [-0.39, 0.29) is 51.6 Å². The van der Waals surface area contributed by atoms with Gasteiger partial charge in [0.05, 0.1) is 5.60 Å². The Balaban J connectivity index is 1.96.